The largest absolute Gasteiger partial charge is 0.573 e. The van der Waals surface area contributed by atoms with Crippen LogP contribution in [0.25, 0.3) is 0 Å². The number of carboxylic acid groups (broad SMARTS) is 2. The highest BCUT2D eigenvalue weighted by Gasteiger charge is 2.35. The van der Waals surface area contributed by atoms with Crippen LogP contribution in [0.2, 0.25) is 0 Å². The van der Waals surface area contributed by atoms with E-state index in [0.717, 1.165) is 33.2 Å². The molecule has 1 aliphatic heterocycles. The summed E-state index contributed by atoms with van der Waals surface area (Å²) in [5.41, 5.74) is 7.38. The van der Waals surface area contributed by atoms with Crippen molar-refractivity contribution in [1.82, 2.24) is 15.5 Å². The lowest BCUT2D eigenvalue weighted by molar-refractivity contribution is -0.385. The van der Waals surface area contributed by atoms with E-state index in [-0.39, 0.29) is 12.5 Å². The first-order valence-corrected chi connectivity index (χ1v) is 21.1. The summed E-state index contributed by atoms with van der Waals surface area (Å²) >= 11 is 0. The van der Waals surface area contributed by atoms with Gasteiger partial charge in [-0.15, -0.1) is 39.5 Å². The highest BCUT2D eigenvalue weighted by atomic mass is 19.4. The van der Waals surface area contributed by atoms with E-state index in [0.29, 0.717) is 60.6 Å². The molecule has 0 bridgehead atoms. The Morgan fingerprint density at radius 1 is 0.620 bits per heavy atom. The van der Waals surface area contributed by atoms with E-state index in [1.54, 1.807) is 5.32 Å². The highest BCUT2D eigenvalue weighted by Crippen LogP contribution is 2.31. The molecular weight excluding hydrogens is 1100 g/mol. The number of esters is 2. The number of ether oxygens (including phenoxy) is 5. The number of nitro groups is 3. The summed E-state index contributed by atoms with van der Waals surface area (Å²) < 4.78 is 127. The van der Waals surface area contributed by atoms with E-state index in [1.165, 1.54) is 12.7 Å². The first kappa shape index (κ1) is 67.6. The Morgan fingerprint density at radius 3 is 1.30 bits per heavy atom. The average molecular weight is 1150 g/mol. The summed E-state index contributed by atoms with van der Waals surface area (Å²) in [6.07, 6.45) is -13.9. The quantitative estimate of drug-likeness (QED) is 0.0362. The molecule has 4 aromatic rings. The number of aromatic carboxylic acids is 1. The monoisotopic (exact) mass is 1150 g/mol. The molecule has 2 amide bonds. The van der Waals surface area contributed by atoms with Crippen LogP contribution >= 0.6 is 0 Å². The van der Waals surface area contributed by atoms with Gasteiger partial charge in [-0.3, -0.25) is 59.2 Å². The molecule has 36 heteroatoms. The molecule has 1 fully saturated rings. The summed E-state index contributed by atoms with van der Waals surface area (Å²) in [5.74, 6) is -9.16. The van der Waals surface area contributed by atoms with Crippen molar-refractivity contribution in [2.24, 2.45) is 11.5 Å². The van der Waals surface area contributed by atoms with E-state index in [9.17, 15) is 98.6 Å². The number of halogens is 9. The van der Waals surface area contributed by atoms with Gasteiger partial charge in [-0.25, -0.2) is 4.79 Å². The predicted molar refractivity (Wildman–Crippen MR) is 246 cm³/mol. The Morgan fingerprint density at radius 2 is 1.00 bits per heavy atom. The molecule has 0 unspecified atom stereocenters. The molecule has 432 valence electrons. The summed E-state index contributed by atoms with van der Waals surface area (Å²) in [4.78, 5) is 96.3. The number of benzene rings is 4. The van der Waals surface area contributed by atoms with Gasteiger partial charge in [0.1, 0.15) is 47.0 Å². The molecule has 0 aromatic heterocycles. The zero-order valence-electron chi connectivity index (χ0n) is 40.3. The summed E-state index contributed by atoms with van der Waals surface area (Å²) in [7, 11) is 2.35. The van der Waals surface area contributed by atoms with Crippen molar-refractivity contribution in [3.05, 3.63) is 138 Å². The molecule has 1 aliphatic rings. The fraction of sp³-hybridized carbons (Fsp3) is 0.302. The van der Waals surface area contributed by atoms with Gasteiger partial charge in [0.2, 0.25) is 0 Å². The van der Waals surface area contributed by atoms with Crippen molar-refractivity contribution in [2.45, 2.75) is 38.1 Å². The number of carboxylic acids is 2. The minimum absolute atomic E-state index is 0.0312. The molecular formula is C43H43F9N8O19. The number of nitrogens with zero attached hydrogens (tertiary/aromatic N) is 4. The number of alkyl halides is 9. The number of amides is 2. The second-order valence-corrected chi connectivity index (χ2v) is 14.6. The van der Waals surface area contributed by atoms with Gasteiger partial charge in [0.15, 0.2) is 0 Å². The van der Waals surface area contributed by atoms with Crippen molar-refractivity contribution in [2.75, 3.05) is 46.9 Å². The lowest BCUT2D eigenvalue weighted by Gasteiger charge is -2.14. The fourth-order valence-electron chi connectivity index (χ4n) is 5.65. The molecule has 1 saturated heterocycles. The number of rotatable bonds is 16. The van der Waals surface area contributed by atoms with Gasteiger partial charge in [-0.1, -0.05) is 30.3 Å². The number of nitrogens with two attached hydrogens (primary N) is 2. The van der Waals surface area contributed by atoms with Gasteiger partial charge in [-0.2, -0.15) is 0 Å². The number of likely N-dealkylation sites (tertiary alicyclic amines) is 1. The molecule has 5 rings (SSSR count). The lowest BCUT2D eigenvalue weighted by Crippen LogP contribution is -2.30. The third-order valence-electron chi connectivity index (χ3n) is 8.89. The molecule has 1 heterocycles. The number of carbonyl (C=O) groups excluding carboxylic acids is 4. The number of aliphatic carboxylic acids is 1. The maximum Gasteiger partial charge on any atom is 0.573 e. The maximum atomic E-state index is 12.1. The summed E-state index contributed by atoms with van der Waals surface area (Å²) in [6, 6.07) is 16.5. The number of hydrogen-bond acceptors (Lipinski definition) is 20. The molecule has 0 radical (unpaired) electrons. The Hall–Kier alpha value is -9.45. The van der Waals surface area contributed by atoms with E-state index in [2.05, 4.69) is 58.9 Å². The van der Waals surface area contributed by atoms with Crippen LogP contribution in [0.15, 0.2) is 84.9 Å². The van der Waals surface area contributed by atoms with E-state index in [1.807, 2.05) is 5.32 Å². The van der Waals surface area contributed by atoms with Crippen LogP contribution in [0.5, 0.6) is 17.2 Å². The summed E-state index contributed by atoms with van der Waals surface area (Å²) in [5, 5.41) is 52.7. The lowest BCUT2D eigenvalue weighted by atomic mass is 10.1. The first-order valence-electron chi connectivity index (χ1n) is 21.1. The van der Waals surface area contributed by atoms with E-state index >= 15 is 0 Å². The predicted octanol–water partition coefficient (Wildman–Crippen LogP) is 5.23. The maximum absolute atomic E-state index is 12.1. The molecule has 79 heavy (non-hydrogen) atoms. The number of nitrogens with one attached hydrogen (secondary N) is 2. The van der Waals surface area contributed by atoms with Crippen molar-refractivity contribution < 1.29 is 117 Å². The smallest absolute Gasteiger partial charge is 0.480 e. The van der Waals surface area contributed by atoms with Crippen LogP contribution < -0.4 is 36.3 Å². The molecule has 8 N–H and O–H groups in total. The Labute approximate surface area is 436 Å². The van der Waals surface area contributed by atoms with E-state index < -0.39 is 128 Å². The number of hydrogen-bond donors (Lipinski definition) is 6. The van der Waals surface area contributed by atoms with Crippen molar-refractivity contribution >= 4 is 52.8 Å². The van der Waals surface area contributed by atoms with Gasteiger partial charge < -0.3 is 56.0 Å². The third kappa shape index (κ3) is 27.3. The topological polar surface area (TPSA) is 398 Å². The molecule has 1 atom stereocenters. The average Bonchev–Trinajstić information content (AvgIpc) is 3.77. The Kier molecular flexibility index (Phi) is 27.0. The minimum atomic E-state index is -5.04. The zero-order valence-corrected chi connectivity index (χ0v) is 40.3. The Balaban J connectivity index is 0.000000515. The van der Waals surface area contributed by atoms with Crippen molar-refractivity contribution in [3.8, 4) is 17.2 Å². The third-order valence-corrected chi connectivity index (χ3v) is 8.89. The van der Waals surface area contributed by atoms with Gasteiger partial charge in [-0.05, 0) is 30.2 Å². The van der Waals surface area contributed by atoms with Crippen LogP contribution in [0.1, 0.15) is 43.1 Å². The van der Waals surface area contributed by atoms with Crippen LogP contribution in [0.4, 0.5) is 56.6 Å². The first-order chi connectivity index (χ1) is 36.6. The van der Waals surface area contributed by atoms with Gasteiger partial charge in [0, 0.05) is 62.1 Å². The zero-order chi connectivity index (χ0) is 60.4. The van der Waals surface area contributed by atoms with Crippen LogP contribution in [0, 0.1) is 30.3 Å². The van der Waals surface area contributed by atoms with Crippen molar-refractivity contribution in [3.63, 3.8) is 0 Å². The molecule has 27 nitrogen and oxygen atoms in total. The minimum Gasteiger partial charge on any atom is -0.480 e. The van der Waals surface area contributed by atoms with E-state index in [4.69, 9.17) is 21.7 Å². The van der Waals surface area contributed by atoms with Crippen LogP contribution in [-0.4, -0.2) is 138 Å². The molecule has 4 aromatic carbocycles. The van der Waals surface area contributed by atoms with Gasteiger partial charge in [0.25, 0.3) is 28.9 Å². The van der Waals surface area contributed by atoms with Crippen molar-refractivity contribution in [1.29, 1.82) is 0 Å². The number of nitro benzene ring substituents is 3. The van der Waals surface area contributed by atoms with Gasteiger partial charge >= 0.3 is 43.0 Å². The fourth-order valence-corrected chi connectivity index (χ4v) is 5.65. The standard InChI is InChI=1S/C11H9F3N2O6.C11H16N2.C10H7F3N2O6.C8H4F3NO5.C3H7NO2/c1-21-9(17)5-15-10(18)7-4-6(22-11(12,13)14)2-3-8(7)16(19)20;12-11-6-7-13(9-11)8-10-4-2-1-3-5-10;11-10(12,13)21-5-1-2-7(15(19)20)6(3-5)9(18)14-4-8(16)17;9-8(10,11)17-4-1-2-6(12(15)16)5(3-4)7(13)14;1-6-3(5)2-4/h2-4H,5H2,1H3,(H,15,18);1-5,11H,6-9,12H2;1-3H,4H2,(H,14,18)(H,16,17);1-3H,(H,13,14);2,4H2,1H3/t;11-;;;/m.1.../s1. The second kappa shape index (κ2) is 31.6. The summed E-state index contributed by atoms with van der Waals surface area (Å²) in [6.45, 7) is 1.77. The SMILES string of the molecule is COC(=O)CN.COC(=O)CNC(=O)c1cc(OC(F)(F)F)ccc1[N+](=O)[O-].N[C@@H]1CCN(Cc2ccccc2)C1.O=C(O)CNC(=O)c1cc(OC(F)(F)F)ccc1[N+](=O)[O-].O=C(O)c1cc(OC(F)(F)F)ccc1[N+](=O)[O-]. The van der Waals surface area contributed by atoms with Crippen LogP contribution in [-0.2, 0) is 30.4 Å². The molecule has 0 aliphatic carbocycles. The molecule has 0 spiro atoms. The second-order valence-electron chi connectivity index (χ2n) is 14.6. The normalized spacial score (nSPS) is 12.7. The molecule has 0 saturated carbocycles. The van der Waals surface area contributed by atoms with Gasteiger partial charge in [0.05, 0.1) is 35.5 Å². The highest BCUT2D eigenvalue weighted by molar-refractivity contribution is 6.00. The number of methoxy groups -OCH3 is 2. The Bertz CT molecular complexity index is 2770. The number of carbonyl (C=O) groups is 6. The van der Waals surface area contributed by atoms with Crippen LogP contribution in [0.3, 0.4) is 0 Å².